The number of rotatable bonds is 4. The zero-order valence-corrected chi connectivity index (χ0v) is 8.25. The van der Waals surface area contributed by atoms with E-state index in [1.165, 1.54) is 6.33 Å². The van der Waals surface area contributed by atoms with Crippen LogP contribution in [-0.2, 0) is 13.6 Å². The highest BCUT2D eigenvalue weighted by molar-refractivity contribution is 5.81. The van der Waals surface area contributed by atoms with Gasteiger partial charge in [0.15, 0.2) is 5.84 Å². The van der Waals surface area contributed by atoms with E-state index in [1.54, 1.807) is 4.68 Å². The van der Waals surface area contributed by atoms with Gasteiger partial charge in [0.1, 0.15) is 12.2 Å². The summed E-state index contributed by atoms with van der Waals surface area (Å²) in [6, 6.07) is 0. The highest BCUT2D eigenvalue weighted by Gasteiger charge is 2.06. The first-order valence-electron chi connectivity index (χ1n) is 4.11. The van der Waals surface area contributed by atoms with E-state index < -0.39 is 0 Å². The van der Waals surface area contributed by atoms with Crippen molar-refractivity contribution in [1.29, 1.82) is 0 Å². The largest absolute Gasteiger partial charge is 0.409 e. The third kappa shape index (κ3) is 2.70. The van der Waals surface area contributed by atoms with Crippen LogP contribution in [0.25, 0.3) is 0 Å². The van der Waals surface area contributed by atoms with Gasteiger partial charge in [-0.05, 0) is 7.05 Å². The Bertz CT molecular complexity index is 320. The topological polar surface area (TPSA) is 92.6 Å². The Hall–Kier alpha value is -1.63. The van der Waals surface area contributed by atoms with E-state index in [1.807, 2.05) is 19.0 Å². The van der Waals surface area contributed by atoms with Crippen molar-refractivity contribution in [1.82, 2.24) is 19.7 Å². The summed E-state index contributed by atoms with van der Waals surface area (Å²) in [5.41, 5.74) is 5.36. The van der Waals surface area contributed by atoms with Crippen molar-refractivity contribution in [3.63, 3.8) is 0 Å². The van der Waals surface area contributed by atoms with Gasteiger partial charge in [-0.1, -0.05) is 5.16 Å². The van der Waals surface area contributed by atoms with E-state index in [0.29, 0.717) is 13.1 Å². The molecule has 0 aliphatic carbocycles. The highest BCUT2D eigenvalue weighted by Crippen LogP contribution is 1.96. The Morgan fingerprint density at radius 3 is 3.00 bits per heavy atom. The lowest BCUT2D eigenvalue weighted by Gasteiger charge is -2.14. The van der Waals surface area contributed by atoms with Gasteiger partial charge in [0.2, 0.25) is 0 Å². The van der Waals surface area contributed by atoms with Crippen LogP contribution in [0, 0.1) is 0 Å². The summed E-state index contributed by atoms with van der Waals surface area (Å²) in [6.07, 6.45) is 1.49. The second-order valence-electron chi connectivity index (χ2n) is 3.06. The second kappa shape index (κ2) is 4.56. The third-order valence-corrected chi connectivity index (χ3v) is 1.78. The molecule has 0 aromatic carbocycles. The molecule has 0 atom stereocenters. The number of hydrogen-bond donors (Lipinski definition) is 2. The van der Waals surface area contributed by atoms with Crippen molar-refractivity contribution in [2.45, 2.75) is 6.54 Å². The number of amidine groups is 1. The van der Waals surface area contributed by atoms with Gasteiger partial charge in [-0.2, -0.15) is 5.10 Å². The molecule has 1 heterocycles. The highest BCUT2D eigenvalue weighted by atomic mass is 16.4. The molecule has 14 heavy (non-hydrogen) atoms. The molecule has 0 saturated heterocycles. The molecule has 1 aromatic rings. The van der Waals surface area contributed by atoms with E-state index in [4.69, 9.17) is 10.9 Å². The molecule has 0 spiro atoms. The Morgan fingerprint density at radius 2 is 2.50 bits per heavy atom. The number of aromatic nitrogens is 3. The summed E-state index contributed by atoms with van der Waals surface area (Å²) < 4.78 is 1.68. The van der Waals surface area contributed by atoms with Crippen molar-refractivity contribution >= 4 is 5.84 Å². The number of oxime groups is 1. The predicted octanol–water partition coefficient (Wildman–Crippen LogP) is -1.01. The predicted molar refractivity (Wildman–Crippen MR) is 50.7 cm³/mol. The first-order chi connectivity index (χ1) is 6.63. The molecule has 7 nitrogen and oxygen atoms in total. The van der Waals surface area contributed by atoms with Gasteiger partial charge in [0.05, 0.1) is 13.1 Å². The van der Waals surface area contributed by atoms with Crippen LogP contribution in [0.5, 0.6) is 0 Å². The molecule has 0 aliphatic heterocycles. The van der Waals surface area contributed by atoms with Gasteiger partial charge in [-0.25, -0.2) is 4.98 Å². The van der Waals surface area contributed by atoms with Gasteiger partial charge < -0.3 is 10.9 Å². The first kappa shape index (κ1) is 10.5. The minimum Gasteiger partial charge on any atom is -0.409 e. The van der Waals surface area contributed by atoms with Gasteiger partial charge in [-0.3, -0.25) is 9.58 Å². The van der Waals surface area contributed by atoms with Gasteiger partial charge in [0, 0.05) is 7.05 Å². The Labute approximate surface area is 81.8 Å². The molecule has 78 valence electrons. The molecule has 0 fully saturated rings. The maximum atomic E-state index is 8.37. The third-order valence-electron chi connectivity index (χ3n) is 1.78. The average molecular weight is 198 g/mol. The average Bonchev–Trinajstić information content (AvgIpc) is 2.51. The Morgan fingerprint density at radius 1 is 1.79 bits per heavy atom. The van der Waals surface area contributed by atoms with Crippen molar-refractivity contribution in [2.75, 3.05) is 13.6 Å². The second-order valence-corrected chi connectivity index (χ2v) is 3.06. The standard InChI is InChI=1S/C7H14N6O/c1-12(3-6(8)11-14)4-7-9-5-10-13(7)2/h5,14H,3-4H2,1-2H3,(H2,8,11). The van der Waals surface area contributed by atoms with Crippen LogP contribution in [0.15, 0.2) is 11.5 Å². The SMILES string of the molecule is CN(CC(N)=NO)Cc1ncnn1C. The fraction of sp³-hybridized carbons (Fsp3) is 0.571. The zero-order chi connectivity index (χ0) is 10.6. The van der Waals surface area contributed by atoms with Crippen LogP contribution in [0.3, 0.4) is 0 Å². The van der Waals surface area contributed by atoms with Gasteiger partial charge in [0.25, 0.3) is 0 Å². The molecule has 0 saturated carbocycles. The van der Waals surface area contributed by atoms with Crippen LogP contribution in [0.4, 0.5) is 0 Å². The van der Waals surface area contributed by atoms with E-state index >= 15 is 0 Å². The van der Waals surface area contributed by atoms with Crippen LogP contribution in [0.2, 0.25) is 0 Å². The summed E-state index contributed by atoms with van der Waals surface area (Å²) >= 11 is 0. The smallest absolute Gasteiger partial charge is 0.153 e. The molecule has 1 aromatic heterocycles. The van der Waals surface area contributed by atoms with E-state index in [2.05, 4.69) is 15.2 Å². The fourth-order valence-electron chi connectivity index (χ4n) is 1.07. The van der Waals surface area contributed by atoms with Crippen molar-refractivity contribution in [2.24, 2.45) is 17.9 Å². The fourth-order valence-corrected chi connectivity index (χ4v) is 1.07. The molecular formula is C7H14N6O. The lowest BCUT2D eigenvalue weighted by atomic mass is 10.4. The molecule has 0 amide bonds. The summed E-state index contributed by atoms with van der Waals surface area (Å²) in [6.45, 7) is 0.996. The number of likely N-dealkylation sites (N-methyl/N-ethyl adjacent to an activating group) is 1. The van der Waals surface area contributed by atoms with Gasteiger partial charge in [-0.15, -0.1) is 0 Å². The summed E-state index contributed by atoms with van der Waals surface area (Å²) in [7, 11) is 3.67. The van der Waals surface area contributed by atoms with Gasteiger partial charge >= 0.3 is 0 Å². The Kier molecular flexibility index (Phi) is 3.41. The van der Waals surface area contributed by atoms with Crippen LogP contribution >= 0.6 is 0 Å². The molecule has 0 aliphatic rings. The van der Waals surface area contributed by atoms with Crippen LogP contribution < -0.4 is 5.73 Å². The molecule has 1 rings (SSSR count). The molecule has 0 unspecified atom stereocenters. The minimum atomic E-state index is 0.176. The van der Waals surface area contributed by atoms with Crippen molar-refractivity contribution in [3.8, 4) is 0 Å². The summed E-state index contributed by atoms with van der Waals surface area (Å²) in [5.74, 6) is 1.01. The van der Waals surface area contributed by atoms with Crippen LogP contribution in [-0.4, -0.2) is 44.3 Å². The lowest BCUT2D eigenvalue weighted by molar-refractivity contribution is 0.306. The number of hydrogen-bond acceptors (Lipinski definition) is 5. The summed E-state index contributed by atoms with van der Waals surface area (Å²) in [4.78, 5) is 5.93. The molecule has 7 heteroatoms. The van der Waals surface area contributed by atoms with E-state index in [0.717, 1.165) is 5.82 Å². The first-order valence-corrected chi connectivity index (χ1v) is 4.11. The number of nitrogens with two attached hydrogens (primary N) is 1. The monoisotopic (exact) mass is 198 g/mol. The molecule has 0 bridgehead atoms. The summed E-state index contributed by atoms with van der Waals surface area (Å²) in [5, 5.41) is 15.2. The molecular weight excluding hydrogens is 184 g/mol. The van der Waals surface area contributed by atoms with Crippen molar-refractivity contribution in [3.05, 3.63) is 12.2 Å². The molecule has 0 radical (unpaired) electrons. The molecule has 3 N–H and O–H groups in total. The minimum absolute atomic E-state index is 0.176. The van der Waals surface area contributed by atoms with E-state index in [-0.39, 0.29) is 5.84 Å². The van der Waals surface area contributed by atoms with E-state index in [9.17, 15) is 0 Å². The Balaban J connectivity index is 2.49. The number of nitrogens with zero attached hydrogens (tertiary/aromatic N) is 5. The zero-order valence-electron chi connectivity index (χ0n) is 8.25. The quantitative estimate of drug-likeness (QED) is 0.280. The lowest BCUT2D eigenvalue weighted by Crippen LogP contribution is -2.31. The normalized spacial score (nSPS) is 12.4. The number of aryl methyl sites for hydroxylation is 1. The maximum Gasteiger partial charge on any atom is 0.153 e. The maximum absolute atomic E-state index is 8.37. The van der Waals surface area contributed by atoms with Crippen LogP contribution in [0.1, 0.15) is 5.82 Å². The van der Waals surface area contributed by atoms with Crippen molar-refractivity contribution < 1.29 is 5.21 Å².